The van der Waals surface area contributed by atoms with Gasteiger partial charge in [0, 0.05) is 19.7 Å². The van der Waals surface area contributed by atoms with Crippen LogP contribution in [0.1, 0.15) is 28.9 Å². The van der Waals surface area contributed by atoms with E-state index in [1.54, 1.807) is 36.9 Å². The van der Waals surface area contributed by atoms with Crippen LogP contribution in [0.3, 0.4) is 0 Å². The lowest BCUT2D eigenvalue weighted by atomic mass is 10.1. The molecule has 0 aliphatic carbocycles. The Morgan fingerprint density at radius 3 is 2.55 bits per heavy atom. The van der Waals surface area contributed by atoms with Crippen molar-refractivity contribution in [3.05, 3.63) is 59.7 Å². The minimum absolute atomic E-state index is 0.0688. The van der Waals surface area contributed by atoms with Gasteiger partial charge in [-0.05, 0) is 30.7 Å². The number of amides is 1. The molecule has 1 aliphatic heterocycles. The minimum Gasteiger partial charge on any atom is -0.486 e. The first-order valence-electron chi connectivity index (χ1n) is 10.4. The molecule has 1 aliphatic rings. The Bertz CT molecular complexity index is 1150. The van der Waals surface area contributed by atoms with E-state index < -0.39 is 6.09 Å². The molecule has 0 bridgehead atoms. The number of carbonyl (C=O) groups is 2. The van der Waals surface area contributed by atoms with E-state index in [2.05, 4.69) is 10.2 Å². The number of aromatic nitrogens is 3. The molecule has 0 saturated carbocycles. The van der Waals surface area contributed by atoms with E-state index in [1.165, 1.54) is 16.7 Å². The summed E-state index contributed by atoms with van der Waals surface area (Å²) in [7, 11) is 3.18. The van der Waals surface area contributed by atoms with Gasteiger partial charge in [-0.2, -0.15) is 0 Å². The van der Waals surface area contributed by atoms with Crippen LogP contribution in [-0.2, 0) is 0 Å². The summed E-state index contributed by atoms with van der Waals surface area (Å²) >= 11 is 1.23. The number of fused-ring (bicyclic) bond motifs is 1. The number of benzene rings is 2. The van der Waals surface area contributed by atoms with Crippen LogP contribution in [0.15, 0.2) is 53.7 Å². The fourth-order valence-electron chi connectivity index (χ4n) is 3.24. The lowest BCUT2D eigenvalue weighted by Crippen LogP contribution is -2.27. The first kappa shape index (κ1) is 22.7. The van der Waals surface area contributed by atoms with E-state index in [0.717, 1.165) is 5.56 Å². The van der Waals surface area contributed by atoms with Crippen molar-refractivity contribution < 1.29 is 23.8 Å². The summed E-state index contributed by atoms with van der Waals surface area (Å²) in [6.07, 6.45) is -0.562. The molecule has 0 N–H and O–H groups in total. The maximum atomic E-state index is 12.9. The van der Waals surface area contributed by atoms with Gasteiger partial charge in [0.15, 0.2) is 22.4 Å². The van der Waals surface area contributed by atoms with Gasteiger partial charge in [0.2, 0.25) is 0 Å². The smallest absolute Gasteiger partial charge is 0.417 e. The first-order valence-corrected chi connectivity index (χ1v) is 11.4. The lowest BCUT2D eigenvalue weighted by molar-refractivity contribution is 0.102. The number of ether oxygens (including phenoxy) is 3. The second-order valence-electron chi connectivity index (χ2n) is 7.55. The minimum atomic E-state index is -0.562. The molecule has 33 heavy (non-hydrogen) atoms. The molecule has 2 aromatic carbocycles. The molecule has 1 unspecified atom stereocenters. The highest BCUT2D eigenvalue weighted by molar-refractivity contribution is 7.99. The standard InChI is InChI=1S/C23H24N4O5S/c1-15(16-7-5-4-6-8-16)27-21(32-23(29)26(2)3)24-25-22(27)33-14-18(28)17-9-10-19-20(13-17)31-12-11-30-19/h4-10,13,15H,11-12,14H2,1-3H3. The monoisotopic (exact) mass is 468 g/mol. The second kappa shape index (κ2) is 9.95. The van der Waals surface area contributed by atoms with Crippen molar-refractivity contribution >= 4 is 23.6 Å². The summed E-state index contributed by atoms with van der Waals surface area (Å²) in [4.78, 5) is 26.3. The van der Waals surface area contributed by atoms with E-state index >= 15 is 0 Å². The number of hydrogen-bond donors (Lipinski definition) is 0. The van der Waals surface area contributed by atoms with E-state index in [4.69, 9.17) is 14.2 Å². The Labute approximate surface area is 195 Å². The fraction of sp³-hybridized carbons (Fsp3) is 0.304. The number of nitrogens with zero attached hydrogens (tertiary/aromatic N) is 4. The van der Waals surface area contributed by atoms with Gasteiger partial charge in [-0.3, -0.25) is 9.36 Å². The van der Waals surface area contributed by atoms with E-state index in [9.17, 15) is 9.59 Å². The molecule has 0 saturated heterocycles. The van der Waals surface area contributed by atoms with Crippen molar-refractivity contribution in [1.29, 1.82) is 0 Å². The van der Waals surface area contributed by atoms with Crippen LogP contribution in [0.4, 0.5) is 4.79 Å². The third kappa shape index (κ3) is 5.11. The molecule has 4 rings (SSSR count). The Balaban J connectivity index is 1.56. The first-order chi connectivity index (χ1) is 15.9. The van der Waals surface area contributed by atoms with Crippen LogP contribution in [0, 0.1) is 0 Å². The summed E-state index contributed by atoms with van der Waals surface area (Å²) in [5.41, 5.74) is 1.51. The zero-order valence-electron chi connectivity index (χ0n) is 18.6. The highest BCUT2D eigenvalue weighted by Gasteiger charge is 2.24. The molecule has 0 spiro atoms. The number of hydrogen-bond acceptors (Lipinski definition) is 8. The Morgan fingerprint density at radius 2 is 1.82 bits per heavy atom. The molecule has 2 heterocycles. The van der Waals surface area contributed by atoms with Gasteiger partial charge in [-0.1, -0.05) is 47.2 Å². The molecule has 1 amide bonds. The number of thioether (sulfide) groups is 1. The molecule has 0 radical (unpaired) electrons. The van der Waals surface area contributed by atoms with Crippen LogP contribution >= 0.6 is 11.8 Å². The third-order valence-corrected chi connectivity index (χ3v) is 5.99. The average molecular weight is 469 g/mol. The molecule has 10 heteroatoms. The quantitative estimate of drug-likeness (QED) is 0.383. The van der Waals surface area contributed by atoms with Crippen LogP contribution in [0.25, 0.3) is 0 Å². The largest absolute Gasteiger partial charge is 0.486 e. The van der Waals surface area contributed by atoms with Gasteiger partial charge >= 0.3 is 12.1 Å². The van der Waals surface area contributed by atoms with Crippen LogP contribution in [0.5, 0.6) is 17.5 Å². The third-order valence-electron chi connectivity index (χ3n) is 5.04. The van der Waals surface area contributed by atoms with Crippen LogP contribution in [0.2, 0.25) is 0 Å². The molecule has 0 fully saturated rings. The number of carbonyl (C=O) groups excluding carboxylic acids is 2. The highest BCUT2D eigenvalue weighted by Crippen LogP contribution is 2.33. The molecular weight excluding hydrogens is 444 g/mol. The van der Waals surface area contributed by atoms with Gasteiger partial charge in [0.25, 0.3) is 0 Å². The van der Waals surface area contributed by atoms with Gasteiger partial charge in [0.1, 0.15) is 13.2 Å². The van der Waals surface area contributed by atoms with Crippen LogP contribution in [-0.4, -0.2) is 64.6 Å². The number of ketones is 1. The van der Waals surface area contributed by atoms with Crippen molar-refractivity contribution in [2.75, 3.05) is 33.1 Å². The van der Waals surface area contributed by atoms with Gasteiger partial charge in [-0.25, -0.2) is 4.79 Å². The Kier molecular flexibility index (Phi) is 6.83. The fourth-order valence-corrected chi connectivity index (χ4v) is 4.14. The maximum absolute atomic E-state index is 12.9. The summed E-state index contributed by atoms with van der Waals surface area (Å²) in [6, 6.07) is 14.7. The zero-order chi connectivity index (χ0) is 23.4. The topological polar surface area (TPSA) is 95.8 Å². The average Bonchev–Trinajstić information content (AvgIpc) is 3.24. The number of rotatable bonds is 7. The predicted molar refractivity (Wildman–Crippen MR) is 122 cm³/mol. The van der Waals surface area contributed by atoms with Crippen molar-refractivity contribution in [1.82, 2.24) is 19.7 Å². The van der Waals surface area contributed by atoms with Gasteiger partial charge in [-0.15, -0.1) is 5.10 Å². The zero-order valence-corrected chi connectivity index (χ0v) is 19.4. The SMILES string of the molecule is CC(c1ccccc1)n1c(OC(=O)N(C)C)nnc1SCC(=O)c1ccc2c(c1)OCCO2. The molecule has 1 aromatic heterocycles. The summed E-state index contributed by atoms with van der Waals surface area (Å²) in [5.74, 6) is 1.23. The molecular formula is C23H24N4O5S. The normalized spacial score (nSPS) is 13.3. The molecule has 172 valence electrons. The molecule has 3 aromatic rings. The molecule has 9 nitrogen and oxygen atoms in total. The lowest BCUT2D eigenvalue weighted by Gasteiger charge is -2.19. The predicted octanol–water partition coefficient (Wildman–Crippen LogP) is 3.69. The highest BCUT2D eigenvalue weighted by atomic mass is 32.2. The Morgan fingerprint density at radius 1 is 1.09 bits per heavy atom. The van der Waals surface area contributed by atoms with Crippen molar-refractivity contribution in [2.24, 2.45) is 0 Å². The second-order valence-corrected chi connectivity index (χ2v) is 8.50. The van der Waals surface area contributed by atoms with Crippen molar-refractivity contribution in [2.45, 2.75) is 18.1 Å². The van der Waals surface area contributed by atoms with E-state index in [0.29, 0.717) is 35.4 Å². The summed E-state index contributed by atoms with van der Waals surface area (Å²) in [5, 5.41) is 8.73. The van der Waals surface area contributed by atoms with E-state index in [-0.39, 0.29) is 23.6 Å². The van der Waals surface area contributed by atoms with Crippen molar-refractivity contribution in [3.8, 4) is 17.5 Å². The number of Topliss-reactive ketones (excluding diaryl/α,β-unsaturated/α-hetero) is 1. The molecule has 1 atom stereocenters. The van der Waals surface area contributed by atoms with Crippen LogP contribution < -0.4 is 14.2 Å². The van der Waals surface area contributed by atoms with Gasteiger partial charge in [0.05, 0.1) is 11.8 Å². The summed E-state index contributed by atoms with van der Waals surface area (Å²) < 4.78 is 18.2. The summed E-state index contributed by atoms with van der Waals surface area (Å²) in [6.45, 7) is 2.90. The van der Waals surface area contributed by atoms with E-state index in [1.807, 2.05) is 37.3 Å². The van der Waals surface area contributed by atoms with Crippen molar-refractivity contribution in [3.63, 3.8) is 0 Å². The van der Waals surface area contributed by atoms with Gasteiger partial charge < -0.3 is 19.1 Å². The Hall–Kier alpha value is -3.53. The maximum Gasteiger partial charge on any atom is 0.417 e.